The summed E-state index contributed by atoms with van der Waals surface area (Å²) in [5.41, 5.74) is 5.40. The molecule has 1 aromatic carbocycles. The maximum atomic E-state index is 12.2. The summed E-state index contributed by atoms with van der Waals surface area (Å²) < 4.78 is 10.2. The van der Waals surface area contributed by atoms with Crippen molar-refractivity contribution < 1.29 is 28.7 Å². The zero-order valence-corrected chi connectivity index (χ0v) is 13.9. The molecule has 3 N–H and O–H groups in total. The van der Waals surface area contributed by atoms with Gasteiger partial charge in [-0.05, 0) is 19.1 Å². The third-order valence-corrected chi connectivity index (χ3v) is 3.74. The molecule has 2 atom stereocenters. The number of hydrogen-bond acceptors (Lipinski definition) is 6. The molecule has 1 aliphatic rings. The van der Waals surface area contributed by atoms with E-state index in [4.69, 9.17) is 15.2 Å². The van der Waals surface area contributed by atoms with Crippen LogP contribution >= 0.6 is 0 Å². The summed E-state index contributed by atoms with van der Waals surface area (Å²) in [6.07, 6.45) is -1.24. The molecule has 1 saturated heterocycles. The first-order valence-corrected chi connectivity index (χ1v) is 7.57. The van der Waals surface area contributed by atoms with Gasteiger partial charge in [-0.1, -0.05) is 12.1 Å². The highest BCUT2D eigenvalue weighted by Gasteiger charge is 2.38. The molecule has 0 spiro atoms. The van der Waals surface area contributed by atoms with E-state index in [1.54, 1.807) is 24.3 Å². The lowest BCUT2D eigenvalue weighted by Gasteiger charge is -2.19. The Labute approximate surface area is 144 Å². The summed E-state index contributed by atoms with van der Waals surface area (Å²) in [6.45, 7) is 1.42. The van der Waals surface area contributed by atoms with Gasteiger partial charge in [-0.3, -0.25) is 19.7 Å². The number of ether oxygens (including phenoxy) is 2. The largest absolute Gasteiger partial charge is 0.495 e. The Kier molecular flexibility index (Phi) is 5.58. The second kappa shape index (κ2) is 7.65. The van der Waals surface area contributed by atoms with Crippen LogP contribution in [0, 0.1) is 5.92 Å². The summed E-state index contributed by atoms with van der Waals surface area (Å²) in [6, 6.07) is 5.92. The van der Waals surface area contributed by atoms with Gasteiger partial charge < -0.3 is 20.1 Å². The Morgan fingerprint density at radius 1 is 1.32 bits per heavy atom. The summed E-state index contributed by atoms with van der Waals surface area (Å²) in [5, 5.41) is 1.83. The van der Waals surface area contributed by atoms with Gasteiger partial charge in [0, 0.05) is 13.0 Å². The lowest BCUT2D eigenvalue weighted by Crippen LogP contribution is -2.42. The monoisotopic (exact) mass is 349 g/mol. The number of para-hydroxylation sites is 2. The fraction of sp³-hybridized carbons (Fsp3) is 0.375. The van der Waals surface area contributed by atoms with Gasteiger partial charge in [0.1, 0.15) is 5.75 Å². The summed E-state index contributed by atoms with van der Waals surface area (Å²) in [7, 11) is 1.49. The van der Waals surface area contributed by atoms with E-state index < -0.39 is 29.9 Å². The third kappa shape index (κ3) is 4.25. The number of urea groups is 1. The number of anilines is 1. The minimum absolute atomic E-state index is 0.0406. The molecule has 0 radical (unpaired) electrons. The molecule has 0 aliphatic carbocycles. The molecular formula is C16H19N3O6. The van der Waals surface area contributed by atoms with Crippen molar-refractivity contribution in [2.45, 2.75) is 19.4 Å². The number of methoxy groups -OCH3 is 1. The first-order chi connectivity index (χ1) is 11.8. The van der Waals surface area contributed by atoms with Crippen LogP contribution in [-0.2, 0) is 19.1 Å². The number of benzene rings is 1. The van der Waals surface area contributed by atoms with Crippen LogP contribution in [0.4, 0.5) is 10.5 Å². The van der Waals surface area contributed by atoms with Crippen LogP contribution in [0.15, 0.2) is 24.3 Å². The molecule has 0 unspecified atom stereocenters. The SMILES string of the molecule is COc1ccccc1N1C[C@H](C(=O)O[C@@H](C)C(=O)NC(N)=O)CC1=O. The molecule has 9 heteroatoms. The summed E-state index contributed by atoms with van der Waals surface area (Å²) >= 11 is 0. The number of hydrogen-bond donors (Lipinski definition) is 2. The average Bonchev–Trinajstić information content (AvgIpc) is 2.95. The topological polar surface area (TPSA) is 128 Å². The molecule has 2 rings (SSSR count). The van der Waals surface area contributed by atoms with Crippen molar-refractivity contribution in [1.82, 2.24) is 5.32 Å². The number of rotatable bonds is 5. The average molecular weight is 349 g/mol. The zero-order chi connectivity index (χ0) is 18.6. The molecule has 0 bridgehead atoms. The van der Waals surface area contributed by atoms with Gasteiger partial charge in [-0.25, -0.2) is 4.79 Å². The lowest BCUT2D eigenvalue weighted by atomic mass is 10.1. The quantitative estimate of drug-likeness (QED) is 0.730. The van der Waals surface area contributed by atoms with E-state index in [1.165, 1.54) is 18.9 Å². The third-order valence-electron chi connectivity index (χ3n) is 3.74. The highest BCUT2D eigenvalue weighted by Crippen LogP contribution is 2.33. The minimum Gasteiger partial charge on any atom is -0.495 e. The maximum Gasteiger partial charge on any atom is 0.318 e. The summed E-state index contributed by atoms with van der Waals surface area (Å²) in [4.78, 5) is 48.1. The van der Waals surface area contributed by atoms with Gasteiger partial charge in [-0.2, -0.15) is 0 Å². The molecule has 0 saturated carbocycles. The van der Waals surface area contributed by atoms with Crippen LogP contribution < -0.4 is 20.7 Å². The van der Waals surface area contributed by atoms with Crippen LogP contribution in [0.25, 0.3) is 0 Å². The van der Waals surface area contributed by atoms with Gasteiger partial charge in [-0.15, -0.1) is 0 Å². The number of nitrogens with one attached hydrogen (secondary N) is 1. The Hall–Kier alpha value is -3.10. The molecule has 1 aliphatic heterocycles. The Morgan fingerprint density at radius 3 is 2.64 bits per heavy atom. The number of carbonyl (C=O) groups is 4. The normalized spacial score (nSPS) is 17.8. The number of primary amides is 1. The number of imide groups is 1. The number of amides is 4. The zero-order valence-electron chi connectivity index (χ0n) is 13.9. The summed E-state index contributed by atoms with van der Waals surface area (Å²) in [5.74, 6) is -1.98. The van der Waals surface area contributed by atoms with Crippen molar-refractivity contribution in [3.05, 3.63) is 24.3 Å². The van der Waals surface area contributed by atoms with E-state index in [-0.39, 0.29) is 18.9 Å². The predicted octanol–water partition coefficient (Wildman–Crippen LogP) is 0.175. The Balaban J connectivity index is 2.03. The van der Waals surface area contributed by atoms with Crippen LogP contribution in [0.3, 0.4) is 0 Å². The first kappa shape index (κ1) is 18.2. The van der Waals surface area contributed by atoms with E-state index >= 15 is 0 Å². The van der Waals surface area contributed by atoms with E-state index in [2.05, 4.69) is 0 Å². The standard InChI is InChI=1S/C16H19N3O6/c1-9(14(21)18-16(17)23)25-15(22)10-7-13(20)19(8-10)11-5-3-4-6-12(11)24-2/h3-6,9-10H,7-8H2,1-2H3,(H3,17,18,21,23)/t9-,10+/m0/s1. The molecule has 0 aromatic heterocycles. The van der Waals surface area contributed by atoms with Crippen molar-refractivity contribution in [3.8, 4) is 5.75 Å². The van der Waals surface area contributed by atoms with Crippen molar-refractivity contribution in [3.63, 3.8) is 0 Å². The lowest BCUT2D eigenvalue weighted by molar-refractivity contribution is -0.158. The molecule has 134 valence electrons. The predicted molar refractivity (Wildman–Crippen MR) is 86.7 cm³/mol. The van der Waals surface area contributed by atoms with Crippen LogP contribution in [0.2, 0.25) is 0 Å². The van der Waals surface area contributed by atoms with Gasteiger partial charge in [0.2, 0.25) is 5.91 Å². The molecule has 25 heavy (non-hydrogen) atoms. The van der Waals surface area contributed by atoms with Crippen LogP contribution in [-0.4, -0.2) is 43.6 Å². The van der Waals surface area contributed by atoms with Crippen molar-refractivity contribution >= 4 is 29.5 Å². The van der Waals surface area contributed by atoms with E-state index in [9.17, 15) is 19.2 Å². The van der Waals surface area contributed by atoms with Gasteiger partial charge >= 0.3 is 12.0 Å². The van der Waals surface area contributed by atoms with Gasteiger partial charge in [0.05, 0.1) is 18.7 Å². The molecular weight excluding hydrogens is 330 g/mol. The van der Waals surface area contributed by atoms with Crippen LogP contribution in [0.1, 0.15) is 13.3 Å². The first-order valence-electron chi connectivity index (χ1n) is 7.57. The fourth-order valence-corrected chi connectivity index (χ4v) is 2.50. The van der Waals surface area contributed by atoms with Crippen LogP contribution in [0.5, 0.6) is 5.75 Å². The van der Waals surface area contributed by atoms with Crippen molar-refractivity contribution in [2.24, 2.45) is 11.7 Å². The second-order valence-corrected chi connectivity index (χ2v) is 5.51. The Bertz CT molecular complexity index is 705. The van der Waals surface area contributed by atoms with Crippen molar-refractivity contribution in [1.29, 1.82) is 0 Å². The van der Waals surface area contributed by atoms with E-state index in [1.807, 2.05) is 5.32 Å². The number of esters is 1. The number of nitrogens with zero attached hydrogens (tertiary/aromatic N) is 1. The molecule has 4 amide bonds. The molecule has 1 fully saturated rings. The molecule has 9 nitrogen and oxygen atoms in total. The van der Waals surface area contributed by atoms with E-state index in [0.717, 1.165) is 0 Å². The Morgan fingerprint density at radius 2 is 2.00 bits per heavy atom. The van der Waals surface area contributed by atoms with Crippen molar-refractivity contribution in [2.75, 3.05) is 18.6 Å². The number of carbonyl (C=O) groups excluding carboxylic acids is 4. The fourth-order valence-electron chi connectivity index (χ4n) is 2.50. The molecule has 1 aromatic rings. The number of nitrogens with two attached hydrogens (primary N) is 1. The molecule has 1 heterocycles. The minimum atomic E-state index is -1.20. The maximum absolute atomic E-state index is 12.2. The van der Waals surface area contributed by atoms with Gasteiger partial charge in [0.15, 0.2) is 6.10 Å². The highest BCUT2D eigenvalue weighted by molar-refractivity contribution is 6.01. The smallest absolute Gasteiger partial charge is 0.318 e. The van der Waals surface area contributed by atoms with Gasteiger partial charge in [0.25, 0.3) is 5.91 Å². The van der Waals surface area contributed by atoms with E-state index in [0.29, 0.717) is 11.4 Å². The second-order valence-electron chi connectivity index (χ2n) is 5.51. The highest BCUT2D eigenvalue weighted by atomic mass is 16.5.